The van der Waals surface area contributed by atoms with E-state index in [-0.39, 0.29) is 157 Å². The summed E-state index contributed by atoms with van der Waals surface area (Å²) in [4.78, 5) is 179. The molecule has 0 spiro atoms. The number of hydrogen-bond donors (Lipinski definition) is 5. The Morgan fingerprint density at radius 2 is 1.16 bits per heavy atom. The normalized spacial score (nSPS) is 18.1. The fraction of sp³-hybridized carbons (Fsp3) is 0.484. The molecular weight excluding hydrogens is 1690 g/mol. The van der Waals surface area contributed by atoms with Gasteiger partial charge in [0.15, 0.2) is 17.6 Å². The summed E-state index contributed by atoms with van der Waals surface area (Å²) in [5.74, 6) is -6.66. The lowest BCUT2D eigenvalue weighted by Gasteiger charge is -2.43. The summed E-state index contributed by atoms with van der Waals surface area (Å²) in [5.41, 5.74) is 15.3. The fourth-order valence-electron chi connectivity index (χ4n) is 16.7. The monoisotopic (exact) mass is 1800 g/mol. The summed E-state index contributed by atoms with van der Waals surface area (Å²) in [6.07, 6.45) is -5.03. The minimum absolute atomic E-state index is 0.0182. The number of thiophene rings is 2. The number of nitrogens with two attached hydrogens (primary N) is 1. The van der Waals surface area contributed by atoms with Crippen LogP contribution in [-0.4, -0.2) is 196 Å². The number of carbonyl (C=O) groups excluding carboxylic acids is 13. The highest BCUT2D eigenvalue weighted by Crippen LogP contribution is 2.52. The Balaban J connectivity index is 0.652. The predicted molar refractivity (Wildman–Crippen MR) is 474 cm³/mol. The van der Waals surface area contributed by atoms with E-state index in [0.717, 1.165) is 60.0 Å². The zero-order valence-corrected chi connectivity index (χ0v) is 75.2. The molecule has 5 heterocycles. The van der Waals surface area contributed by atoms with Gasteiger partial charge in [-0.3, -0.25) is 38.4 Å². The highest BCUT2D eigenvalue weighted by molar-refractivity contribution is 7.18. The van der Waals surface area contributed by atoms with E-state index in [9.17, 15) is 62.3 Å². The molecule has 10 atom stereocenters. The lowest BCUT2D eigenvalue weighted by molar-refractivity contribution is -0.267. The number of halogens is 2. The van der Waals surface area contributed by atoms with Gasteiger partial charge in [-0.2, -0.15) is 0 Å². The minimum Gasteiger partial charge on any atom is -0.463 e. The molecule has 670 valence electrons. The number of carbonyl (C=O) groups is 13. The maximum absolute atomic E-state index is 14.6. The summed E-state index contributed by atoms with van der Waals surface area (Å²) < 4.78 is 48.7. The number of amides is 9. The first kappa shape index (κ1) is 94.7. The zero-order valence-electron chi connectivity index (χ0n) is 72.0. The fourth-order valence-corrected chi connectivity index (χ4v) is 19.2. The summed E-state index contributed by atoms with van der Waals surface area (Å²) in [5, 5.41) is 16.6. The third-order valence-electron chi connectivity index (χ3n) is 23.1. The molecule has 1 aliphatic carbocycles. The third kappa shape index (κ3) is 23.4. The van der Waals surface area contributed by atoms with Crippen LogP contribution in [-0.2, 0) is 78.2 Å². The van der Waals surface area contributed by atoms with E-state index >= 15 is 0 Å². The molecule has 125 heavy (non-hydrogen) atoms. The van der Waals surface area contributed by atoms with Crippen molar-refractivity contribution in [3.8, 4) is 22.6 Å². The van der Waals surface area contributed by atoms with Gasteiger partial charge in [-0.25, -0.2) is 19.2 Å². The number of nitrogens with zero attached hydrogens (tertiary/aromatic N) is 4. The number of primary amides is 1. The molecule has 0 radical (unpaired) electrons. The van der Waals surface area contributed by atoms with Crippen LogP contribution in [0.3, 0.4) is 0 Å². The Hall–Kier alpha value is -10.9. The number of Topliss-reactive ketones (excluding diaryl/α,β-unsaturated/α-hetero) is 2. The predicted octanol–water partition coefficient (Wildman–Crippen LogP) is 14.2. The zero-order chi connectivity index (χ0) is 90.2. The largest absolute Gasteiger partial charge is 0.463 e. The molecule has 5 aromatic carbocycles. The summed E-state index contributed by atoms with van der Waals surface area (Å²) in [7, 11) is 3.03. The number of unbranched alkanes of at least 4 members (excludes halogenated alkanes) is 1. The SMILES string of the molecule is CC(=O)C[C@@H](CCCCNC(=O)OCC1c2ccccc2-c2ccccc21)C(=O)N[C@H](C(=O)C[C@@H](CCCNC(N)=O)C(=O)Nc1ccc(COC(=O)N(C)CCN(C)C(=O)Oc2cc3c(c4c(C)csc24)[C@H](CCl)CN3C(=O)CCCC(=O)N2C[C@@H](CCl)c3c2cc(O[C@@H]2O[C@H](COC(C)=O)[C@@H](OC(C)=O)[C@H](OC(C)=O)[C@H]2C)c2scc(C)c32)cc1)C(C)C. The molecule has 34 heteroatoms. The first-order valence-corrected chi connectivity index (χ1v) is 44.8. The van der Waals surface area contributed by atoms with Crippen molar-refractivity contribution in [2.75, 3.05) is 93.5 Å². The number of fused-ring (bicyclic) bond motifs is 9. The average molecular weight is 1800 g/mol. The van der Waals surface area contributed by atoms with E-state index in [2.05, 4.69) is 33.4 Å². The van der Waals surface area contributed by atoms with E-state index in [1.54, 1.807) is 67.0 Å². The Bertz CT molecular complexity index is 5130. The number of ketones is 2. The maximum atomic E-state index is 14.6. The first-order chi connectivity index (χ1) is 59.7. The van der Waals surface area contributed by atoms with Crippen LogP contribution in [0.2, 0.25) is 0 Å². The van der Waals surface area contributed by atoms with Crippen LogP contribution in [0.4, 0.5) is 36.2 Å². The maximum Gasteiger partial charge on any atom is 0.415 e. The molecule has 0 saturated carbocycles. The quantitative estimate of drug-likeness (QED) is 0.0103. The van der Waals surface area contributed by atoms with Gasteiger partial charge in [0.2, 0.25) is 29.9 Å². The number of rotatable bonds is 39. The number of alkyl halides is 2. The number of esters is 3. The second kappa shape index (κ2) is 43.3. The summed E-state index contributed by atoms with van der Waals surface area (Å²) in [6, 6.07) is 24.3. The number of hydrogen-bond acceptors (Lipinski definition) is 23. The van der Waals surface area contributed by atoms with Gasteiger partial charge < -0.3 is 89.3 Å². The molecule has 9 amide bonds. The highest BCUT2D eigenvalue weighted by atomic mass is 35.5. The molecule has 4 aliphatic rings. The van der Waals surface area contributed by atoms with Gasteiger partial charge in [-0.05, 0) is 132 Å². The number of anilines is 3. The van der Waals surface area contributed by atoms with Crippen LogP contribution in [0.15, 0.2) is 95.7 Å². The molecule has 0 bridgehead atoms. The first-order valence-electron chi connectivity index (χ1n) is 42.0. The third-order valence-corrected chi connectivity index (χ3v) is 26.0. The smallest absolute Gasteiger partial charge is 0.415 e. The molecule has 1 saturated heterocycles. The second-order valence-corrected chi connectivity index (χ2v) is 35.1. The van der Waals surface area contributed by atoms with Gasteiger partial charge >= 0.3 is 42.2 Å². The van der Waals surface area contributed by atoms with Crippen LogP contribution in [0, 0.1) is 37.5 Å². The molecular formula is C91H109Cl2N9O21S2. The lowest BCUT2D eigenvalue weighted by atomic mass is 9.88. The van der Waals surface area contributed by atoms with Gasteiger partial charge in [0.1, 0.15) is 43.6 Å². The lowest BCUT2D eigenvalue weighted by Crippen LogP contribution is -2.59. The minimum atomic E-state index is -1.15. The number of urea groups is 1. The van der Waals surface area contributed by atoms with Crippen LogP contribution in [0.1, 0.15) is 169 Å². The summed E-state index contributed by atoms with van der Waals surface area (Å²) >= 11 is 16.2. The molecule has 30 nitrogen and oxygen atoms in total. The van der Waals surface area contributed by atoms with E-state index in [1.807, 2.05) is 61.0 Å². The van der Waals surface area contributed by atoms with Gasteiger partial charge in [-0.1, -0.05) is 87.9 Å². The van der Waals surface area contributed by atoms with Gasteiger partial charge in [0.25, 0.3) is 0 Å². The molecule has 2 aromatic heterocycles. The van der Waals surface area contributed by atoms with Gasteiger partial charge in [0, 0.05) is 170 Å². The van der Waals surface area contributed by atoms with Crippen LogP contribution >= 0.6 is 45.9 Å². The van der Waals surface area contributed by atoms with Crippen molar-refractivity contribution >= 4 is 161 Å². The van der Waals surface area contributed by atoms with Gasteiger partial charge in [0.05, 0.1) is 32.7 Å². The van der Waals surface area contributed by atoms with Crippen molar-refractivity contribution in [1.82, 2.24) is 25.8 Å². The molecule has 7 aromatic rings. The number of ether oxygens (including phenoxy) is 8. The average Bonchev–Trinajstić information content (AvgIpc) is 1.60. The van der Waals surface area contributed by atoms with E-state index in [1.165, 1.54) is 74.3 Å². The van der Waals surface area contributed by atoms with Crippen LogP contribution < -0.4 is 46.3 Å². The number of likely N-dealkylation sites (N-methyl/N-ethyl adjacent to an activating group) is 2. The van der Waals surface area contributed by atoms with Gasteiger partial charge in [-0.15, -0.1) is 45.9 Å². The second-order valence-electron chi connectivity index (χ2n) is 32.7. The molecule has 6 N–H and O–H groups in total. The van der Waals surface area contributed by atoms with Crippen LogP contribution in [0.5, 0.6) is 11.5 Å². The standard InChI is InChI=1S/C91H109Cl2N9O21S2/c1-49(2)80(98-86(111)58(36-52(5)103)20-16-17-32-96-89(113)117-45-67-65-24-14-12-22-63(65)64-23-13-15-25-66(64)67)70(107)37-59(21-19-33-95-88(94)112)85(110)97-62-30-28-57(29-31-62)44-118-90(114)99(10)34-35-100(11)91(115)123-72-39-69-79(77-51(4)48-125-84(72)77)61(41-93)43-102(69)75(109)27-18-26-74(108)101-42-60(40-92)78-68(101)38-71(83-76(78)50(3)47-124-83)121-87-53(6)81(119-55(8)105)82(120-56(9)106)73(122-87)46-116-54(7)104/h12-15,22-25,28-31,38-39,47-49,53,58-61,67,73,80-82,87H,16-21,26-27,32-37,40-46H2,1-11H3,(H,96,113)(H,97,110)(H,98,111)(H3,94,95,112)/t53-,58-,59-,60-,61-,73-,80+,81-,82-,87-/m1/s1. The number of benzene rings is 5. The van der Waals surface area contributed by atoms with E-state index in [0.29, 0.717) is 52.3 Å². The van der Waals surface area contributed by atoms with Crippen molar-refractivity contribution in [3.63, 3.8) is 0 Å². The Kier molecular flexibility index (Phi) is 32.8. The van der Waals surface area contributed by atoms with Crippen molar-refractivity contribution < 1.29 is 100 Å². The van der Waals surface area contributed by atoms with Crippen molar-refractivity contribution in [2.24, 2.45) is 29.4 Å². The molecule has 3 aliphatic heterocycles. The number of alkyl carbamates (subject to hydrolysis) is 1. The molecule has 11 rings (SSSR count). The molecule has 1 fully saturated rings. The Labute approximate surface area is 743 Å². The van der Waals surface area contributed by atoms with E-state index in [4.69, 9.17) is 66.8 Å². The number of aryl methyl sites for hydroxylation is 2. The number of nitrogens with one attached hydrogen (secondary N) is 4. The Morgan fingerprint density at radius 1 is 0.616 bits per heavy atom. The van der Waals surface area contributed by atoms with E-state index < -0.39 is 114 Å². The highest BCUT2D eigenvalue weighted by Gasteiger charge is 2.50. The summed E-state index contributed by atoms with van der Waals surface area (Å²) in [6.45, 7) is 14.7. The van der Waals surface area contributed by atoms with Crippen molar-refractivity contribution in [2.45, 2.75) is 182 Å². The van der Waals surface area contributed by atoms with Crippen LogP contribution in [0.25, 0.3) is 31.3 Å². The Morgan fingerprint density at radius 3 is 1.72 bits per heavy atom. The van der Waals surface area contributed by atoms with Crippen molar-refractivity contribution in [1.29, 1.82) is 0 Å². The topological polar surface area (TPSA) is 383 Å². The van der Waals surface area contributed by atoms with Crippen molar-refractivity contribution in [3.05, 3.63) is 135 Å². The molecule has 0 unspecified atom stereocenters.